The number of aromatic amines is 1. The molecule has 3 aromatic rings. The molecule has 0 spiro atoms. The van der Waals surface area contributed by atoms with Gasteiger partial charge < -0.3 is 5.32 Å². The van der Waals surface area contributed by atoms with Crippen molar-refractivity contribution >= 4 is 29.0 Å². The van der Waals surface area contributed by atoms with Crippen LogP contribution >= 0.6 is 11.6 Å². The number of carbonyl (C=O) groups is 1. The Kier molecular flexibility index (Phi) is 3.19. The van der Waals surface area contributed by atoms with Crippen LogP contribution < -0.4 is 10.9 Å². The third-order valence-corrected chi connectivity index (χ3v) is 3.21. The van der Waals surface area contributed by atoms with Crippen LogP contribution in [0.3, 0.4) is 0 Å². The summed E-state index contributed by atoms with van der Waals surface area (Å²) in [5, 5.41) is 5.74. The number of nitrogens with one attached hydrogen (secondary N) is 2. The number of aryl methyl sites for hydroxylation is 1. The second kappa shape index (κ2) is 5.02. The van der Waals surface area contributed by atoms with Crippen molar-refractivity contribution in [3.05, 3.63) is 57.2 Å². The quantitative estimate of drug-likeness (QED) is 0.752. The molecule has 1 amide bonds. The van der Waals surface area contributed by atoms with E-state index in [1.807, 2.05) is 0 Å². The van der Waals surface area contributed by atoms with E-state index < -0.39 is 11.5 Å². The van der Waals surface area contributed by atoms with Gasteiger partial charge in [-0.1, -0.05) is 11.6 Å². The number of halogens is 1. The van der Waals surface area contributed by atoms with Gasteiger partial charge in [-0.15, -0.1) is 0 Å². The molecule has 1 aromatic carbocycles. The minimum atomic E-state index is -0.419. The van der Waals surface area contributed by atoms with Crippen molar-refractivity contribution in [2.45, 2.75) is 6.92 Å². The Morgan fingerprint density at radius 2 is 2.05 bits per heavy atom. The average Bonchev–Trinajstić information content (AvgIpc) is 2.92. The minimum absolute atomic E-state index is 0.108. The third kappa shape index (κ3) is 2.38. The number of hydrogen-bond donors (Lipinski definition) is 2. The fourth-order valence-electron chi connectivity index (χ4n) is 1.89. The van der Waals surface area contributed by atoms with Crippen molar-refractivity contribution in [2.24, 2.45) is 0 Å². The number of hydrogen-bond acceptors (Lipinski definition) is 4. The molecule has 2 heterocycles. The second-order valence-corrected chi connectivity index (χ2v) is 4.80. The van der Waals surface area contributed by atoms with Crippen molar-refractivity contribution in [1.82, 2.24) is 19.6 Å². The number of fused-ring (bicyclic) bond motifs is 1. The monoisotopic (exact) mass is 303 g/mol. The Bertz CT molecular complexity index is 882. The summed E-state index contributed by atoms with van der Waals surface area (Å²) in [5.41, 5.74) is 0.483. The summed E-state index contributed by atoms with van der Waals surface area (Å²) in [7, 11) is 0. The van der Waals surface area contributed by atoms with Gasteiger partial charge in [-0.2, -0.15) is 4.52 Å². The van der Waals surface area contributed by atoms with Crippen molar-refractivity contribution < 1.29 is 4.79 Å². The smallest absolute Gasteiger partial charge is 0.298 e. The van der Waals surface area contributed by atoms with E-state index in [1.165, 1.54) is 6.33 Å². The standard InChI is InChI=1S/C13H10ClN5O2/c1-7-10(12(21)19-13(17-7)15-6-16-19)18-11(20)8-2-4-9(14)5-3-8/h2-6H,1H3,(H,18,20)(H,15,16,17). The highest BCUT2D eigenvalue weighted by Gasteiger charge is 2.14. The van der Waals surface area contributed by atoms with Gasteiger partial charge in [-0.25, -0.2) is 9.97 Å². The van der Waals surface area contributed by atoms with Crippen LogP contribution in [-0.2, 0) is 0 Å². The van der Waals surface area contributed by atoms with Crippen LogP contribution in [0, 0.1) is 6.92 Å². The van der Waals surface area contributed by atoms with Crippen molar-refractivity contribution in [1.29, 1.82) is 0 Å². The van der Waals surface area contributed by atoms with E-state index in [2.05, 4.69) is 20.4 Å². The molecule has 0 atom stereocenters. The number of benzene rings is 1. The molecule has 2 N–H and O–H groups in total. The van der Waals surface area contributed by atoms with Gasteiger partial charge in [0.1, 0.15) is 12.0 Å². The topological polar surface area (TPSA) is 92.2 Å². The molecule has 0 unspecified atom stereocenters. The highest BCUT2D eigenvalue weighted by Crippen LogP contribution is 2.12. The Labute approximate surface area is 123 Å². The molecule has 21 heavy (non-hydrogen) atoms. The Morgan fingerprint density at radius 1 is 1.33 bits per heavy atom. The first-order chi connectivity index (χ1) is 10.1. The summed E-state index contributed by atoms with van der Waals surface area (Å²) in [6.45, 7) is 1.63. The third-order valence-electron chi connectivity index (χ3n) is 2.96. The zero-order valence-corrected chi connectivity index (χ0v) is 11.7. The van der Waals surface area contributed by atoms with Crippen LogP contribution in [0.15, 0.2) is 35.4 Å². The van der Waals surface area contributed by atoms with Gasteiger partial charge in [-0.05, 0) is 31.2 Å². The predicted octanol–water partition coefficient (Wildman–Crippen LogP) is 1.63. The lowest BCUT2D eigenvalue weighted by atomic mass is 10.2. The molecule has 0 fully saturated rings. The van der Waals surface area contributed by atoms with E-state index in [1.54, 1.807) is 31.2 Å². The fourth-order valence-corrected chi connectivity index (χ4v) is 2.02. The Hall–Kier alpha value is -2.67. The molecule has 0 aliphatic rings. The summed E-state index contributed by atoms with van der Waals surface area (Å²) in [5.74, 6) is -0.157. The largest absolute Gasteiger partial charge is 0.316 e. The van der Waals surface area contributed by atoms with Gasteiger partial charge in [0.25, 0.3) is 17.2 Å². The summed E-state index contributed by atoms with van der Waals surface area (Å²) >= 11 is 5.77. The van der Waals surface area contributed by atoms with E-state index >= 15 is 0 Å². The first-order valence-corrected chi connectivity index (χ1v) is 6.44. The summed E-state index contributed by atoms with van der Waals surface area (Å²) in [4.78, 5) is 32.4. The molecule has 0 aliphatic heterocycles. The molecular weight excluding hydrogens is 294 g/mol. The van der Waals surface area contributed by atoms with Gasteiger partial charge in [0, 0.05) is 10.6 Å². The molecule has 0 saturated carbocycles. The molecule has 0 aliphatic carbocycles. The van der Waals surface area contributed by atoms with Crippen molar-refractivity contribution in [3.63, 3.8) is 0 Å². The van der Waals surface area contributed by atoms with Crippen molar-refractivity contribution in [3.8, 4) is 0 Å². The van der Waals surface area contributed by atoms with E-state index in [0.717, 1.165) is 4.52 Å². The SMILES string of the molecule is Cc1nc2nc[nH]n2c(=O)c1NC(=O)c1ccc(Cl)cc1. The van der Waals surface area contributed by atoms with Gasteiger partial charge >= 0.3 is 0 Å². The number of anilines is 1. The van der Waals surface area contributed by atoms with Gasteiger partial charge in [-0.3, -0.25) is 14.7 Å². The second-order valence-electron chi connectivity index (χ2n) is 4.36. The summed E-state index contributed by atoms with van der Waals surface area (Å²) in [6.07, 6.45) is 1.36. The van der Waals surface area contributed by atoms with Crippen LogP contribution in [0.1, 0.15) is 16.1 Å². The van der Waals surface area contributed by atoms with Crippen LogP contribution in [0.4, 0.5) is 5.69 Å². The predicted molar refractivity (Wildman–Crippen MR) is 77.7 cm³/mol. The lowest BCUT2D eigenvalue weighted by molar-refractivity contribution is 0.102. The van der Waals surface area contributed by atoms with E-state index in [9.17, 15) is 9.59 Å². The maximum atomic E-state index is 12.2. The maximum absolute atomic E-state index is 12.2. The molecule has 106 valence electrons. The lowest BCUT2D eigenvalue weighted by Gasteiger charge is -2.07. The zero-order valence-electron chi connectivity index (χ0n) is 10.9. The fraction of sp³-hybridized carbons (Fsp3) is 0.0769. The molecule has 0 bridgehead atoms. The first-order valence-electron chi connectivity index (χ1n) is 6.06. The van der Waals surface area contributed by atoms with E-state index in [4.69, 9.17) is 11.6 Å². The molecule has 8 heteroatoms. The summed E-state index contributed by atoms with van der Waals surface area (Å²) in [6, 6.07) is 6.36. The molecule has 0 radical (unpaired) electrons. The Balaban J connectivity index is 1.99. The Morgan fingerprint density at radius 3 is 2.76 bits per heavy atom. The molecular formula is C13H10ClN5O2. The maximum Gasteiger partial charge on any atom is 0.298 e. The molecule has 3 rings (SSSR count). The number of H-pyrrole nitrogens is 1. The highest BCUT2D eigenvalue weighted by molar-refractivity contribution is 6.30. The van der Waals surface area contributed by atoms with Crippen molar-refractivity contribution in [2.75, 3.05) is 5.32 Å². The first kappa shape index (κ1) is 13.3. The highest BCUT2D eigenvalue weighted by atomic mass is 35.5. The van der Waals surface area contributed by atoms with Crippen LogP contribution in [0.5, 0.6) is 0 Å². The molecule has 0 saturated heterocycles. The van der Waals surface area contributed by atoms with Gasteiger partial charge in [0.2, 0.25) is 0 Å². The van der Waals surface area contributed by atoms with E-state index in [0.29, 0.717) is 16.3 Å². The van der Waals surface area contributed by atoms with Crippen LogP contribution in [-0.4, -0.2) is 25.5 Å². The molecule has 2 aromatic heterocycles. The molecule has 7 nitrogen and oxygen atoms in total. The normalized spacial score (nSPS) is 10.8. The lowest BCUT2D eigenvalue weighted by Crippen LogP contribution is -2.25. The number of amides is 1. The number of aromatic nitrogens is 4. The van der Waals surface area contributed by atoms with Gasteiger partial charge in [0.15, 0.2) is 0 Å². The van der Waals surface area contributed by atoms with Crippen LogP contribution in [0.2, 0.25) is 5.02 Å². The minimum Gasteiger partial charge on any atom is -0.316 e. The van der Waals surface area contributed by atoms with Crippen LogP contribution in [0.25, 0.3) is 5.78 Å². The van der Waals surface area contributed by atoms with E-state index in [-0.39, 0.29) is 11.5 Å². The summed E-state index contributed by atoms with van der Waals surface area (Å²) < 4.78 is 1.16. The van der Waals surface area contributed by atoms with Gasteiger partial charge in [0.05, 0.1) is 5.69 Å². The zero-order chi connectivity index (χ0) is 15.0. The average molecular weight is 304 g/mol. The number of rotatable bonds is 2. The number of nitrogens with zero attached hydrogens (tertiary/aromatic N) is 3. The number of carbonyl (C=O) groups excluding carboxylic acids is 1.